The van der Waals surface area contributed by atoms with Crippen molar-refractivity contribution in [2.75, 3.05) is 55.4 Å². The maximum Gasteiger partial charge on any atom is 0.267 e. The summed E-state index contributed by atoms with van der Waals surface area (Å²) in [6.45, 7) is 7.45. The molecule has 0 saturated carbocycles. The van der Waals surface area contributed by atoms with Crippen LogP contribution in [0.5, 0.6) is 5.75 Å². The van der Waals surface area contributed by atoms with E-state index in [9.17, 15) is 27.6 Å². The molecule has 3 aliphatic heterocycles. The number of H-pyrrole nitrogens is 1. The van der Waals surface area contributed by atoms with Crippen molar-refractivity contribution in [3.05, 3.63) is 102 Å². The molecule has 63 heavy (non-hydrogen) atoms. The van der Waals surface area contributed by atoms with E-state index < -0.39 is 56.0 Å². The fourth-order valence-corrected chi connectivity index (χ4v) is 9.31. The lowest BCUT2D eigenvalue weighted by Gasteiger charge is -2.37. The van der Waals surface area contributed by atoms with Crippen molar-refractivity contribution in [2.45, 2.75) is 63.2 Å². The number of aromatic amines is 1. The van der Waals surface area contributed by atoms with E-state index in [1.807, 2.05) is 41.3 Å². The van der Waals surface area contributed by atoms with Gasteiger partial charge in [0.05, 0.1) is 23.0 Å². The Morgan fingerprint density at radius 1 is 0.921 bits per heavy atom. The Labute approximate surface area is 363 Å². The monoisotopic (exact) mass is 882 g/mol. The van der Waals surface area contributed by atoms with Crippen LogP contribution in [0.25, 0.3) is 22.2 Å². The zero-order chi connectivity index (χ0) is 44.4. The van der Waals surface area contributed by atoms with Crippen LogP contribution in [0.1, 0.15) is 73.4 Å². The highest BCUT2D eigenvalue weighted by Gasteiger charge is 2.31. The van der Waals surface area contributed by atoms with Crippen LogP contribution < -0.4 is 19.7 Å². The van der Waals surface area contributed by atoms with Crippen molar-refractivity contribution in [1.82, 2.24) is 30.1 Å². The summed E-state index contributed by atoms with van der Waals surface area (Å²) in [5, 5.41) is 1.79. The van der Waals surface area contributed by atoms with Gasteiger partial charge in [0.25, 0.3) is 5.91 Å². The number of benzene rings is 2. The van der Waals surface area contributed by atoms with Crippen LogP contribution in [0.2, 0.25) is 0 Å². The second-order valence-corrected chi connectivity index (χ2v) is 18.4. The average molecular weight is 883 g/mol. The van der Waals surface area contributed by atoms with Gasteiger partial charge in [-0.15, -0.1) is 0 Å². The first-order valence-corrected chi connectivity index (χ1v) is 22.7. The van der Waals surface area contributed by atoms with Gasteiger partial charge in [0.15, 0.2) is 11.9 Å². The van der Waals surface area contributed by atoms with Gasteiger partial charge in [0, 0.05) is 79.7 Å². The molecule has 0 spiro atoms. The summed E-state index contributed by atoms with van der Waals surface area (Å²) < 4.78 is 63.9. The summed E-state index contributed by atoms with van der Waals surface area (Å²) in [6.07, 6.45) is 6.67. The Morgan fingerprint density at radius 3 is 2.33 bits per heavy atom. The van der Waals surface area contributed by atoms with Gasteiger partial charge in [-0.3, -0.25) is 34.1 Å². The molecular formula is C45H48F2N8O7S. The summed E-state index contributed by atoms with van der Waals surface area (Å²) in [5.74, 6) is -2.32. The number of carbonyl (C=O) groups excluding carboxylic acids is 4. The van der Waals surface area contributed by atoms with E-state index in [1.54, 1.807) is 25.4 Å². The fourth-order valence-electron chi connectivity index (χ4n) is 8.21. The number of hydrogen-bond acceptors (Lipinski definition) is 11. The molecule has 2 aromatic carbocycles. The van der Waals surface area contributed by atoms with Crippen LogP contribution in [-0.2, 0) is 24.4 Å². The van der Waals surface area contributed by atoms with Gasteiger partial charge in [0.1, 0.15) is 23.0 Å². The maximum absolute atomic E-state index is 15.6. The Bertz CT molecular complexity index is 2640. The third-order valence-electron chi connectivity index (χ3n) is 12.3. The molecule has 15 nitrogen and oxygen atoms in total. The van der Waals surface area contributed by atoms with E-state index in [-0.39, 0.29) is 30.2 Å². The van der Waals surface area contributed by atoms with E-state index in [4.69, 9.17) is 4.74 Å². The number of pyridine rings is 2. The number of amides is 3. The number of aromatic nitrogens is 3. The zero-order valence-electron chi connectivity index (χ0n) is 34.9. The molecule has 3 amide bonds. The number of likely N-dealkylation sites (tertiary alicyclic amines) is 1. The number of fused-ring (bicyclic) bond motifs is 1. The van der Waals surface area contributed by atoms with Crippen molar-refractivity contribution in [1.29, 1.82) is 0 Å². The van der Waals surface area contributed by atoms with Gasteiger partial charge in [-0.25, -0.2) is 27.2 Å². The minimum atomic E-state index is -3.98. The molecule has 3 saturated heterocycles. The summed E-state index contributed by atoms with van der Waals surface area (Å²) in [4.78, 5) is 68.7. The number of sulfonamides is 1. The smallest absolute Gasteiger partial charge is 0.267 e. The molecule has 5 aromatic rings. The first-order valence-electron chi connectivity index (χ1n) is 21.1. The lowest BCUT2D eigenvalue weighted by Crippen LogP contribution is -2.52. The molecular weight excluding hydrogens is 835 g/mol. The minimum absolute atomic E-state index is 0.0382. The van der Waals surface area contributed by atoms with Gasteiger partial charge in [-0.05, 0) is 93.2 Å². The molecule has 330 valence electrons. The van der Waals surface area contributed by atoms with E-state index in [2.05, 4.69) is 34.8 Å². The number of nitrogens with zero attached hydrogens (tertiary/aromatic N) is 5. The predicted molar refractivity (Wildman–Crippen MR) is 232 cm³/mol. The largest absolute Gasteiger partial charge is 0.481 e. The van der Waals surface area contributed by atoms with Gasteiger partial charge < -0.3 is 19.5 Å². The average Bonchev–Trinajstić information content (AvgIpc) is 3.72. The van der Waals surface area contributed by atoms with Crippen LogP contribution in [0, 0.1) is 11.6 Å². The molecule has 3 fully saturated rings. The number of hydrogen-bond donors (Lipinski definition) is 3. The highest BCUT2D eigenvalue weighted by atomic mass is 32.2. The van der Waals surface area contributed by atoms with Gasteiger partial charge in [-0.1, -0.05) is 19.1 Å². The third kappa shape index (κ3) is 9.41. The van der Waals surface area contributed by atoms with Crippen molar-refractivity contribution < 1.29 is 41.1 Å². The van der Waals surface area contributed by atoms with Crippen molar-refractivity contribution >= 4 is 56.1 Å². The number of piperidine rings is 2. The number of imide groups is 1. The number of halogens is 2. The van der Waals surface area contributed by atoms with Crippen LogP contribution >= 0.6 is 0 Å². The van der Waals surface area contributed by atoms with Gasteiger partial charge >= 0.3 is 0 Å². The Hall–Kier alpha value is -6.27. The Balaban J connectivity index is 0.834. The molecule has 3 aliphatic rings. The maximum atomic E-state index is 15.6. The lowest BCUT2D eigenvalue weighted by molar-refractivity contribution is -0.139. The highest BCUT2D eigenvalue weighted by molar-refractivity contribution is 7.93. The SMILES string of the molecule is CCC(C)S(=O)(=O)Nc1ccc(F)c(C(=O)c2c[nH]c3ncc(-c4ccc(N5CCN(C(=O)CN6CCC(c7ccc(OC8CCC(=O)NC8=O)cc7)CC6)CC5)nc4)cc23)c1F. The number of rotatable bonds is 13. The molecule has 0 aliphatic carbocycles. The number of ether oxygens (including phenoxy) is 1. The Morgan fingerprint density at radius 2 is 1.65 bits per heavy atom. The van der Waals surface area contributed by atoms with Crippen LogP contribution in [0.15, 0.2) is 73.2 Å². The highest BCUT2D eigenvalue weighted by Crippen LogP contribution is 2.32. The lowest BCUT2D eigenvalue weighted by atomic mass is 9.89. The predicted octanol–water partition coefficient (Wildman–Crippen LogP) is 5.39. The van der Waals surface area contributed by atoms with Crippen molar-refractivity contribution in [3.63, 3.8) is 0 Å². The number of carbonyl (C=O) groups is 4. The molecule has 6 heterocycles. The second-order valence-electron chi connectivity index (χ2n) is 16.3. The van der Waals surface area contributed by atoms with Gasteiger partial charge in [-0.2, -0.15) is 0 Å². The summed E-state index contributed by atoms with van der Waals surface area (Å²) in [6, 6.07) is 15.0. The molecule has 8 rings (SSSR count). The zero-order valence-corrected chi connectivity index (χ0v) is 35.7. The molecule has 0 bridgehead atoms. The molecule has 3 aromatic heterocycles. The van der Waals surface area contributed by atoms with E-state index >= 15 is 8.78 Å². The standard InChI is InChI=1S/C45H48F2N8O7S/c1-3-27(2)63(60,61)52-36-10-9-35(46)41(42(36)47)43(58)34-25-50-44-33(34)22-31(24-49-44)30-6-12-38(48-23-30)54-18-20-55(21-19-54)40(57)26-53-16-14-29(15-17-53)28-4-7-32(8-5-28)62-37-11-13-39(56)51-45(37)59/h4-10,12,22-25,27,29,37,52H,3,11,13-21,26H2,1-2H3,(H,49,50)(H,51,56,59). The Kier molecular flexibility index (Phi) is 12.5. The third-order valence-corrected chi connectivity index (χ3v) is 14.2. The first kappa shape index (κ1) is 43.4. The summed E-state index contributed by atoms with van der Waals surface area (Å²) in [5.41, 5.74) is 1.37. The first-order chi connectivity index (χ1) is 30.3. The molecule has 2 unspecified atom stereocenters. The summed E-state index contributed by atoms with van der Waals surface area (Å²) >= 11 is 0. The number of anilines is 2. The molecule has 3 N–H and O–H groups in total. The minimum Gasteiger partial charge on any atom is -0.481 e. The number of ketones is 1. The fraction of sp³-hybridized carbons (Fsp3) is 0.378. The molecule has 0 radical (unpaired) electrons. The van der Waals surface area contributed by atoms with Crippen LogP contribution in [0.4, 0.5) is 20.3 Å². The topological polar surface area (TPSA) is 187 Å². The van der Waals surface area contributed by atoms with Crippen molar-refractivity contribution in [3.8, 4) is 16.9 Å². The van der Waals surface area contributed by atoms with E-state index in [0.717, 1.165) is 43.9 Å². The van der Waals surface area contributed by atoms with Crippen LogP contribution in [-0.4, -0.2) is 114 Å². The van der Waals surface area contributed by atoms with Crippen molar-refractivity contribution in [2.24, 2.45) is 0 Å². The van der Waals surface area contributed by atoms with E-state index in [0.29, 0.717) is 73.0 Å². The number of nitrogens with one attached hydrogen (secondary N) is 3. The van der Waals surface area contributed by atoms with E-state index in [1.165, 1.54) is 18.7 Å². The molecule has 18 heteroatoms. The number of piperazine rings is 1. The summed E-state index contributed by atoms with van der Waals surface area (Å²) in [7, 11) is -3.98. The van der Waals surface area contributed by atoms with Gasteiger partial charge in [0.2, 0.25) is 27.6 Å². The molecule has 2 atom stereocenters. The quantitative estimate of drug-likeness (QED) is 0.102. The second kappa shape index (κ2) is 18.2. The normalized spacial score (nSPS) is 18.3. The van der Waals surface area contributed by atoms with Crippen LogP contribution in [0.3, 0.4) is 0 Å².